The molecule has 0 radical (unpaired) electrons. The molecule has 7 nitrogen and oxygen atoms in total. The fraction of sp³-hybridized carbons (Fsp3) is 0.200. The lowest BCUT2D eigenvalue weighted by Crippen LogP contribution is -2.26. The quantitative estimate of drug-likeness (QED) is 0.405. The highest BCUT2D eigenvalue weighted by atomic mass is 16.5. The van der Waals surface area contributed by atoms with Crippen LogP contribution in [-0.4, -0.2) is 30.2 Å². The predicted octanol–water partition coefficient (Wildman–Crippen LogP) is -0.723. The molecule has 92 valence electrons. The molecule has 0 bridgehead atoms. The van der Waals surface area contributed by atoms with Crippen LogP contribution in [0.15, 0.2) is 34.3 Å². The summed E-state index contributed by atoms with van der Waals surface area (Å²) in [4.78, 5) is 7.56. The summed E-state index contributed by atoms with van der Waals surface area (Å²) in [6.45, 7) is 0.167. The lowest BCUT2D eigenvalue weighted by atomic mass is 10.3. The summed E-state index contributed by atoms with van der Waals surface area (Å²) >= 11 is 0. The van der Waals surface area contributed by atoms with Gasteiger partial charge in [-0.05, 0) is 12.1 Å². The third kappa shape index (κ3) is 4.85. The van der Waals surface area contributed by atoms with Crippen molar-refractivity contribution in [3.05, 3.63) is 24.3 Å². The van der Waals surface area contributed by atoms with Crippen molar-refractivity contribution in [3.8, 4) is 5.75 Å². The number of aliphatic hydroxyl groups excluding tert-OH is 1. The van der Waals surface area contributed by atoms with Crippen LogP contribution in [0.2, 0.25) is 0 Å². The highest BCUT2D eigenvalue weighted by Crippen LogP contribution is 2.19. The second kappa shape index (κ2) is 6.33. The predicted molar refractivity (Wildman–Crippen MR) is 66.1 cm³/mol. The molecule has 17 heavy (non-hydrogen) atoms. The lowest BCUT2D eigenvalue weighted by molar-refractivity contribution is 0.201. The van der Waals surface area contributed by atoms with Gasteiger partial charge in [0.25, 0.3) is 0 Å². The largest absolute Gasteiger partial charge is 0.491 e. The van der Waals surface area contributed by atoms with Crippen LogP contribution in [0.4, 0.5) is 5.69 Å². The number of hydrogen-bond donors (Lipinski definition) is 4. The molecule has 0 aliphatic rings. The van der Waals surface area contributed by atoms with Gasteiger partial charge in [0.15, 0.2) is 5.96 Å². The van der Waals surface area contributed by atoms with E-state index in [2.05, 4.69) is 9.98 Å². The number of ether oxygens (including phenoxy) is 1. The lowest BCUT2D eigenvalue weighted by Gasteiger charge is -2.04. The van der Waals surface area contributed by atoms with E-state index in [4.69, 9.17) is 27.0 Å². The van der Waals surface area contributed by atoms with Gasteiger partial charge in [-0.3, -0.25) is 0 Å². The van der Waals surface area contributed by atoms with Crippen molar-refractivity contribution in [2.45, 2.75) is 0 Å². The molecule has 0 spiro atoms. The third-order valence-corrected chi connectivity index (χ3v) is 1.66. The topological polar surface area (TPSA) is 132 Å². The number of benzene rings is 1. The number of aliphatic imine (C=N–C) groups is 2. The minimum Gasteiger partial charge on any atom is -0.491 e. The first-order chi connectivity index (χ1) is 8.11. The van der Waals surface area contributed by atoms with Crippen LogP contribution >= 0.6 is 0 Å². The summed E-state index contributed by atoms with van der Waals surface area (Å²) in [6, 6.07) is 6.87. The number of nitrogens with two attached hydrogens (primary N) is 3. The van der Waals surface area contributed by atoms with E-state index in [1.165, 1.54) is 0 Å². The monoisotopic (exact) mass is 237 g/mol. The number of guanidine groups is 2. The average molecular weight is 237 g/mol. The maximum atomic E-state index is 8.62. The molecule has 0 unspecified atom stereocenters. The fourth-order valence-corrected chi connectivity index (χ4v) is 1.10. The van der Waals surface area contributed by atoms with Crippen molar-refractivity contribution in [1.29, 1.82) is 0 Å². The smallest absolute Gasteiger partial charge is 0.223 e. The van der Waals surface area contributed by atoms with Gasteiger partial charge in [-0.15, -0.1) is 0 Å². The van der Waals surface area contributed by atoms with Gasteiger partial charge in [-0.2, -0.15) is 4.99 Å². The summed E-state index contributed by atoms with van der Waals surface area (Å²) in [7, 11) is 0. The Labute approximate surface area is 98.6 Å². The van der Waals surface area contributed by atoms with Crippen LogP contribution < -0.4 is 21.9 Å². The molecule has 0 saturated carbocycles. The van der Waals surface area contributed by atoms with E-state index in [-0.39, 0.29) is 25.1 Å². The Morgan fingerprint density at radius 3 is 2.71 bits per heavy atom. The van der Waals surface area contributed by atoms with Crippen molar-refractivity contribution >= 4 is 17.6 Å². The van der Waals surface area contributed by atoms with Crippen molar-refractivity contribution in [3.63, 3.8) is 0 Å². The molecule has 0 fully saturated rings. The zero-order valence-electron chi connectivity index (χ0n) is 9.21. The van der Waals surface area contributed by atoms with Crippen LogP contribution in [0.3, 0.4) is 0 Å². The number of nitrogens with zero attached hydrogens (tertiary/aromatic N) is 2. The average Bonchev–Trinajstić information content (AvgIpc) is 2.25. The molecule has 0 saturated heterocycles. The van der Waals surface area contributed by atoms with Crippen LogP contribution in [0.25, 0.3) is 0 Å². The van der Waals surface area contributed by atoms with E-state index >= 15 is 0 Å². The molecule has 1 aromatic rings. The molecule has 7 heteroatoms. The molecule has 7 N–H and O–H groups in total. The Balaban J connectivity index is 2.81. The van der Waals surface area contributed by atoms with Gasteiger partial charge in [0.2, 0.25) is 5.96 Å². The van der Waals surface area contributed by atoms with Gasteiger partial charge >= 0.3 is 0 Å². The van der Waals surface area contributed by atoms with E-state index < -0.39 is 0 Å². The molecule has 1 aromatic carbocycles. The summed E-state index contributed by atoms with van der Waals surface area (Å²) in [6.07, 6.45) is 0. The zero-order valence-corrected chi connectivity index (χ0v) is 9.21. The Morgan fingerprint density at radius 2 is 2.06 bits per heavy atom. The van der Waals surface area contributed by atoms with E-state index in [1.807, 2.05) is 0 Å². The van der Waals surface area contributed by atoms with Crippen molar-refractivity contribution in [1.82, 2.24) is 0 Å². The summed E-state index contributed by atoms with van der Waals surface area (Å²) in [5.41, 5.74) is 16.4. The third-order valence-electron chi connectivity index (χ3n) is 1.66. The minimum atomic E-state index is -0.154. The second-order valence-corrected chi connectivity index (χ2v) is 3.08. The normalized spacial score (nSPS) is 11.0. The Bertz CT molecular complexity index is 426. The van der Waals surface area contributed by atoms with Gasteiger partial charge in [-0.25, -0.2) is 4.99 Å². The standard InChI is InChI=1S/C10H15N5O2/c11-9(12)15-10(13)14-7-2-1-3-8(6-7)17-5-4-16/h1-3,6,16H,4-5H2,(H6,11,12,13,14,15). The van der Waals surface area contributed by atoms with Crippen molar-refractivity contribution < 1.29 is 9.84 Å². The van der Waals surface area contributed by atoms with Gasteiger partial charge < -0.3 is 27.0 Å². The molecule has 1 rings (SSSR count). The first-order valence-corrected chi connectivity index (χ1v) is 4.89. The Hall–Kier alpha value is -2.28. The molecular formula is C10H15N5O2. The first-order valence-electron chi connectivity index (χ1n) is 4.89. The molecule has 0 atom stereocenters. The van der Waals surface area contributed by atoms with Gasteiger partial charge in [0.1, 0.15) is 12.4 Å². The summed E-state index contributed by atoms with van der Waals surface area (Å²) in [5, 5.41) is 8.62. The Kier molecular flexibility index (Phi) is 4.77. The van der Waals surface area contributed by atoms with Crippen molar-refractivity contribution in [2.24, 2.45) is 27.2 Å². The zero-order chi connectivity index (χ0) is 12.7. The van der Waals surface area contributed by atoms with Crippen LogP contribution in [-0.2, 0) is 0 Å². The van der Waals surface area contributed by atoms with E-state index in [0.717, 1.165) is 0 Å². The molecule has 0 amide bonds. The molecule has 0 aliphatic carbocycles. The van der Waals surface area contributed by atoms with Crippen LogP contribution in [0.5, 0.6) is 5.75 Å². The molecule has 0 aliphatic heterocycles. The van der Waals surface area contributed by atoms with Gasteiger partial charge in [-0.1, -0.05) is 6.07 Å². The highest BCUT2D eigenvalue weighted by molar-refractivity contribution is 5.93. The SMILES string of the molecule is NC(N)=NC(N)=Nc1cccc(OCCO)c1. The van der Waals surface area contributed by atoms with Gasteiger partial charge in [0, 0.05) is 6.07 Å². The number of aliphatic hydroxyl groups is 1. The van der Waals surface area contributed by atoms with Crippen molar-refractivity contribution in [2.75, 3.05) is 13.2 Å². The fourth-order valence-electron chi connectivity index (χ4n) is 1.10. The summed E-state index contributed by atoms with van der Waals surface area (Å²) in [5.74, 6) is 0.390. The molecule has 0 heterocycles. The first kappa shape index (κ1) is 12.8. The minimum absolute atomic E-state index is 0.0377. The maximum absolute atomic E-state index is 8.62. The number of hydrogen-bond acceptors (Lipinski definition) is 3. The van der Waals surface area contributed by atoms with E-state index in [1.54, 1.807) is 24.3 Å². The van der Waals surface area contributed by atoms with Gasteiger partial charge in [0.05, 0.1) is 12.3 Å². The number of rotatable bonds is 4. The van der Waals surface area contributed by atoms with Crippen LogP contribution in [0.1, 0.15) is 0 Å². The Morgan fingerprint density at radius 1 is 1.29 bits per heavy atom. The highest BCUT2D eigenvalue weighted by Gasteiger charge is 1.97. The van der Waals surface area contributed by atoms with E-state index in [9.17, 15) is 0 Å². The molecular weight excluding hydrogens is 222 g/mol. The molecule has 0 aromatic heterocycles. The second-order valence-electron chi connectivity index (χ2n) is 3.08. The summed E-state index contributed by atoms with van der Waals surface area (Å²) < 4.78 is 5.21. The van der Waals surface area contributed by atoms with E-state index in [0.29, 0.717) is 11.4 Å². The van der Waals surface area contributed by atoms with Crippen LogP contribution in [0, 0.1) is 0 Å². The maximum Gasteiger partial charge on any atom is 0.223 e.